The Labute approximate surface area is 122 Å². The van der Waals surface area contributed by atoms with Gasteiger partial charge in [0.05, 0.1) is 0 Å². The van der Waals surface area contributed by atoms with Gasteiger partial charge in [-0.15, -0.1) is 0 Å². The van der Waals surface area contributed by atoms with Crippen LogP contribution in [0.25, 0.3) is 0 Å². The number of piperidine rings is 1. The summed E-state index contributed by atoms with van der Waals surface area (Å²) in [6.07, 6.45) is 3.15. The van der Waals surface area contributed by atoms with E-state index in [1.54, 1.807) is 0 Å². The van der Waals surface area contributed by atoms with Gasteiger partial charge in [0.15, 0.2) is 0 Å². The van der Waals surface area contributed by atoms with Crippen molar-refractivity contribution in [2.75, 3.05) is 19.6 Å². The zero-order valence-corrected chi connectivity index (χ0v) is 13.2. The van der Waals surface area contributed by atoms with Crippen molar-refractivity contribution in [3.05, 3.63) is 0 Å². The Morgan fingerprint density at radius 3 is 2.45 bits per heavy atom. The fourth-order valence-electron chi connectivity index (χ4n) is 2.72. The molecule has 1 aliphatic carbocycles. The summed E-state index contributed by atoms with van der Waals surface area (Å²) in [5.41, 5.74) is -0.422. The first-order chi connectivity index (χ1) is 9.37. The van der Waals surface area contributed by atoms with Crippen molar-refractivity contribution in [2.45, 2.75) is 70.7 Å². The standard InChI is InChI=1S/C15H29N3O2/c1-5-18-8-6-11(7-9-18)16-12-10-13(12)17-14(19)20-15(2,3)4/h11-13,16H,5-10H2,1-4H3,(H,17,19). The van der Waals surface area contributed by atoms with Gasteiger partial charge in [-0.25, -0.2) is 4.79 Å². The van der Waals surface area contributed by atoms with Crippen molar-refractivity contribution in [3.63, 3.8) is 0 Å². The first-order valence-electron chi connectivity index (χ1n) is 7.85. The summed E-state index contributed by atoms with van der Waals surface area (Å²) in [7, 11) is 0. The Bertz CT molecular complexity index is 333. The van der Waals surface area contributed by atoms with Crippen LogP contribution in [0.1, 0.15) is 47.0 Å². The Hall–Kier alpha value is -0.810. The molecule has 2 unspecified atom stereocenters. The lowest BCUT2D eigenvalue weighted by atomic mass is 10.1. The molecule has 0 radical (unpaired) electrons. The van der Waals surface area contributed by atoms with E-state index < -0.39 is 5.60 Å². The lowest BCUT2D eigenvalue weighted by molar-refractivity contribution is 0.0521. The molecular weight excluding hydrogens is 254 g/mol. The van der Waals surface area contributed by atoms with Crippen molar-refractivity contribution in [3.8, 4) is 0 Å². The molecule has 0 aromatic rings. The maximum atomic E-state index is 11.7. The van der Waals surface area contributed by atoms with E-state index in [0.29, 0.717) is 12.1 Å². The molecule has 0 aromatic heterocycles. The van der Waals surface area contributed by atoms with E-state index in [9.17, 15) is 4.79 Å². The van der Waals surface area contributed by atoms with Crippen LogP contribution in [-0.4, -0.2) is 54.4 Å². The maximum Gasteiger partial charge on any atom is 0.407 e. The fourth-order valence-corrected chi connectivity index (χ4v) is 2.72. The number of amides is 1. The molecule has 1 aliphatic heterocycles. The SMILES string of the molecule is CCN1CCC(NC2CC2NC(=O)OC(C)(C)C)CC1. The largest absolute Gasteiger partial charge is 0.444 e. The topological polar surface area (TPSA) is 53.6 Å². The molecule has 5 nitrogen and oxygen atoms in total. The van der Waals surface area contributed by atoms with Crippen LogP contribution in [0.5, 0.6) is 0 Å². The predicted molar refractivity (Wildman–Crippen MR) is 79.8 cm³/mol. The lowest BCUT2D eigenvalue weighted by Crippen LogP contribution is -2.45. The molecule has 2 fully saturated rings. The summed E-state index contributed by atoms with van der Waals surface area (Å²) in [6, 6.07) is 1.28. The average molecular weight is 283 g/mol. The van der Waals surface area contributed by atoms with E-state index >= 15 is 0 Å². The van der Waals surface area contributed by atoms with E-state index in [-0.39, 0.29) is 12.1 Å². The van der Waals surface area contributed by atoms with E-state index in [4.69, 9.17) is 4.74 Å². The molecule has 2 aliphatic rings. The van der Waals surface area contributed by atoms with Crippen molar-refractivity contribution in [2.24, 2.45) is 0 Å². The van der Waals surface area contributed by atoms with Gasteiger partial charge in [-0.05, 0) is 59.7 Å². The van der Waals surface area contributed by atoms with E-state index in [0.717, 1.165) is 13.0 Å². The molecule has 2 N–H and O–H groups in total. The van der Waals surface area contributed by atoms with E-state index in [1.807, 2.05) is 20.8 Å². The number of alkyl carbamates (subject to hydrolysis) is 1. The van der Waals surface area contributed by atoms with Crippen LogP contribution < -0.4 is 10.6 Å². The van der Waals surface area contributed by atoms with Crippen LogP contribution in [0.15, 0.2) is 0 Å². The van der Waals surface area contributed by atoms with Gasteiger partial charge in [-0.3, -0.25) is 0 Å². The highest BCUT2D eigenvalue weighted by Gasteiger charge is 2.40. The molecule has 1 heterocycles. The van der Waals surface area contributed by atoms with E-state index in [2.05, 4.69) is 22.5 Å². The molecule has 1 saturated carbocycles. The minimum atomic E-state index is -0.422. The Kier molecular flexibility index (Phi) is 4.91. The summed E-state index contributed by atoms with van der Waals surface area (Å²) in [4.78, 5) is 14.1. The quantitative estimate of drug-likeness (QED) is 0.825. The van der Waals surface area contributed by atoms with Gasteiger partial charge < -0.3 is 20.3 Å². The minimum Gasteiger partial charge on any atom is -0.444 e. The van der Waals surface area contributed by atoms with Gasteiger partial charge in [0.1, 0.15) is 5.60 Å². The molecule has 1 amide bonds. The average Bonchev–Trinajstić information content (AvgIpc) is 3.05. The Morgan fingerprint density at radius 2 is 1.90 bits per heavy atom. The second kappa shape index (κ2) is 6.31. The molecular formula is C15H29N3O2. The monoisotopic (exact) mass is 283 g/mol. The third-order valence-electron chi connectivity index (χ3n) is 3.98. The van der Waals surface area contributed by atoms with Gasteiger partial charge in [-0.2, -0.15) is 0 Å². The molecule has 5 heteroatoms. The van der Waals surface area contributed by atoms with Gasteiger partial charge in [-0.1, -0.05) is 6.92 Å². The predicted octanol–water partition coefficient (Wildman–Crippen LogP) is 1.73. The van der Waals surface area contributed by atoms with Gasteiger partial charge in [0, 0.05) is 18.1 Å². The second-order valence-electron chi connectivity index (χ2n) is 6.97. The summed E-state index contributed by atoms with van der Waals surface area (Å²) in [5, 5.41) is 6.59. The van der Waals surface area contributed by atoms with E-state index in [1.165, 1.54) is 25.9 Å². The number of ether oxygens (including phenoxy) is 1. The number of likely N-dealkylation sites (tertiary alicyclic amines) is 1. The summed E-state index contributed by atoms with van der Waals surface area (Å²) < 4.78 is 5.27. The van der Waals surface area contributed by atoms with Crippen LogP contribution in [-0.2, 0) is 4.74 Å². The smallest absolute Gasteiger partial charge is 0.407 e. The number of hydrogen-bond donors (Lipinski definition) is 2. The fraction of sp³-hybridized carbons (Fsp3) is 0.933. The van der Waals surface area contributed by atoms with Crippen molar-refractivity contribution in [1.82, 2.24) is 15.5 Å². The number of carbonyl (C=O) groups excluding carboxylic acids is 1. The minimum absolute atomic E-state index is 0.244. The number of hydrogen-bond acceptors (Lipinski definition) is 4. The molecule has 0 aromatic carbocycles. The third-order valence-corrected chi connectivity index (χ3v) is 3.98. The van der Waals surface area contributed by atoms with Crippen LogP contribution in [0.3, 0.4) is 0 Å². The van der Waals surface area contributed by atoms with Crippen molar-refractivity contribution in [1.29, 1.82) is 0 Å². The van der Waals surface area contributed by atoms with Gasteiger partial charge in [0.2, 0.25) is 0 Å². The lowest BCUT2D eigenvalue weighted by Gasteiger charge is -2.31. The summed E-state index contributed by atoms with van der Waals surface area (Å²) in [5.74, 6) is 0. The Balaban J connectivity index is 1.62. The highest BCUT2D eigenvalue weighted by Crippen LogP contribution is 2.24. The first kappa shape index (κ1) is 15.6. The van der Waals surface area contributed by atoms with Crippen LogP contribution >= 0.6 is 0 Å². The molecule has 2 atom stereocenters. The normalized spacial score (nSPS) is 28.2. The number of rotatable bonds is 4. The van der Waals surface area contributed by atoms with Gasteiger partial charge in [0.25, 0.3) is 0 Å². The number of nitrogens with one attached hydrogen (secondary N) is 2. The zero-order valence-electron chi connectivity index (χ0n) is 13.2. The van der Waals surface area contributed by atoms with Crippen molar-refractivity contribution >= 4 is 6.09 Å². The van der Waals surface area contributed by atoms with Crippen molar-refractivity contribution < 1.29 is 9.53 Å². The van der Waals surface area contributed by atoms with Crippen LogP contribution in [0, 0.1) is 0 Å². The summed E-state index contributed by atoms with van der Waals surface area (Å²) >= 11 is 0. The zero-order chi connectivity index (χ0) is 14.8. The first-order valence-corrected chi connectivity index (χ1v) is 7.85. The maximum absolute atomic E-state index is 11.7. The molecule has 2 rings (SSSR count). The molecule has 1 saturated heterocycles. The molecule has 0 bridgehead atoms. The second-order valence-corrected chi connectivity index (χ2v) is 6.97. The molecule has 20 heavy (non-hydrogen) atoms. The van der Waals surface area contributed by atoms with Gasteiger partial charge >= 0.3 is 6.09 Å². The number of nitrogens with zero attached hydrogens (tertiary/aromatic N) is 1. The number of carbonyl (C=O) groups is 1. The molecule has 116 valence electrons. The Morgan fingerprint density at radius 1 is 1.25 bits per heavy atom. The highest BCUT2D eigenvalue weighted by atomic mass is 16.6. The highest BCUT2D eigenvalue weighted by molar-refractivity contribution is 5.68. The van der Waals surface area contributed by atoms with Crippen LogP contribution in [0.4, 0.5) is 4.79 Å². The third kappa shape index (κ3) is 4.94. The summed E-state index contributed by atoms with van der Waals surface area (Å²) in [6.45, 7) is 11.4. The van der Waals surface area contributed by atoms with Crippen LogP contribution in [0.2, 0.25) is 0 Å². The molecule has 0 spiro atoms.